The van der Waals surface area contributed by atoms with Crippen LogP contribution in [0.3, 0.4) is 0 Å². The van der Waals surface area contributed by atoms with Gasteiger partial charge in [0.15, 0.2) is 0 Å². The maximum absolute atomic E-state index is 12.7. The molecular weight excluding hydrogens is 344 g/mol. The van der Waals surface area contributed by atoms with E-state index in [1.807, 2.05) is 72.9 Å². The number of nitrogens with zero attached hydrogens (tertiary/aromatic N) is 1. The molecule has 26 heavy (non-hydrogen) atoms. The van der Waals surface area contributed by atoms with Crippen LogP contribution >= 0.6 is 11.3 Å². The molecule has 0 saturated heterocycles. The Morgan fingerprint density at radius 3 is 2.88 bits per heavy atom. The summed E-state index contributed by atoms with van der Waals surface area (Å²) in [6, 6.07) is 7.92. The third-order valence-corrected chi connectivity index (χ3v) is 5.32. The first-order valence-electron chi connectivity index (χ1n) is 8.52. The minimum Gasteiger partial charge on any atom is -0.481 e. The van der Waals surface area contributed by atoms with Gasteiger partial charge >= 0.3 is 0 Å². The van der Waals surface area contributed by atoms with Gasteiger partial charge < -0.3 is 15.0 Å². The Labute approximate surface area is 157 Å². The summed E-state index contributed by atoms with van der Waals surface area (Å²) in [5.74, 6) is 0.783. The molecule has 2 aliphatic rings. The van der Waals surface area contributed by atoms with Crippen LogP contribution in [-0.2, 0) is 11.2 Å². The summed E-state index contributed by atoms with van der Waals surface area (Å²) >= 11 is 1.59. The standard InChI is InChI=1S/C21H20N2O2S/c1-23(2)16-10-11-18-20(15-8-4-3-5-9-17(15)25-18)21(16)22-19(24)13-14-7-6-12-26-14/h3-12,17H,13H2,1-2H3,(H,22,24). The second kappa shape index (κ2) is 6.84. The van der Waals surface area contributed by atoms with Crippen LogP contribution in [0.5, 0.6) is 5.75 Å². The topological polar surface area (TPSA) is 41.6 Å². The van der Waals surface area contributed by atoms with Crippen molar-refractivity contribution in [3.8, 4) is 5.75 Å². The Morgan fingerprint density at radius 2 is 2.12 bits per heavy atom. The first kappa shape index (κ1) is 16.7. The Morgan fingerprint density at radius 1 is 1.23 bits per heavy atom. The highest BCUT2D eigenvalue weighted by Gasteiger charge is 2.31. The number of benzene rings is 1. The van der Waals surface area contributed by atoms with E-state index >= 15 is 0 Å². The van der Waals surface area contributed by atoms with Crippen LogP contribution in [0.2, 0.25) is 0 Å². The lowest BCUT2D eigenvalue weighted by Gasteiger charge is -2.20. The number of fused-ring (bicyclic) bond motifs is 3. The predicted molar refractivity (Wildman–Crippen MR) is 108 cm³/mol. The zero-order valence-electron chi connectivity index (χ0n) is 14.7. The summed E-state index contributed by atoms with van der Waals surface area (Å²) in [4.78, 5) is 15.7. The van der Waals surface area contributed by atoms with Crippen molar-refractivity contribution in [3.63, 3.8) is 0 Å². The molecule has 0 bridgehead atoms. The van der Waals surface area contributed by atoms with Crippen LogP contribution in [0.25, 0.3) is 5.57 Å². The van der Waals surface area contributed by atoms with E-state index in [4.69, 9.17) is 4.74 Å². The molecular formula is C21H20N2O2S. The van der Waals surface area contributed by atoms with Gasteiger partial charge in [-0.25, -0.2) is 0 Å². The van der Waals surface area contributed by atoms with Gasteiger partial charge in [-0.05, 0) is 29.7 Å². The van der Waals surface area contributed by atoms with Crippen LogP contribution in [0, 0.1) is 0 Å². The van der Waals surface area contributed by atoms with Crippen molar-refractivity contribution in [3.05, 3.63) is 70.5 Å². The fraction of sp³-hybridized carbons (Fsp3) is 0.190. The zero-order valence-corrected chi connectivity index (χ0v) is 15.5. The second-order valence-corrected chi connectivity index (χ2v) is 7.49. The average molecular weight is 364 g/mol. The van der Waals surface area contributed by atoms with Crippen molar-refractivity contribution in [2.45, 2.75) is 12.5 Å². The molecule has 1 aromatic carbocycles. The highest BCUT2D eigenvalue weighted by molar-refractivity contribution is 7.10. The Kier molecular flexibility index (Phi) is 4.39. The molecule has 1 aliphatic heterocycles. The molecule has 0 spiro atoms. The van der Waals surface area contributed by atoms with Gasteiger partial charge in [0, 0.05) is 30.1 Å². The molecule has 4 rings (SSSR count). The number of hydrogen-bond acceptors (Lipinski definition) is 4. The largest absolute Gasteiger partial charge is 0.481 e. The summed E-state index contributed by atoms with van der Waals surface area (Å²) in [5.41, 5.74) is 3.81. The number of amides is 1. The van der Waals surface area contributed by atoms with Gasteiger partial charge in [-0.3, -0.25) is 4.79 Å². The number of thiophene rings is 1. The zero-order chi connectivity index (χ0) is 18.1. The van der Waals surface area contributed by atoms with Crippen LogP contribution < -0.4 is 15.0 Å². The lowest BCUT2D eigenvalue weighted by Crippen LogP contribution is -2.19. The summed E-state index contributed by atoms with van der Waals surface area (Å²) in [6.45, 7) is 0. The molecule has 2 heterocycles. The van der Waals surface area contributed by atoms with Crippen LogP contribution in [0.4, 0.5) is 11.4 Å². The Balaban J connectivity index is 1.74. The van der Waals surface area contributed by atoms with Crippen molar-refractivity contribution in [2.75, 3.05) is 24.3 Å². The molecule has 5 heteroatoms. The van der Waals surface area contributed by atoms with Crippen molar-refractivity contribution in [2.24, 2.45) is 0 Å². The molecule has 1 unspecified atom stereocenters. The van der Waals surface area contributed by atoms with Gasteiger partial charge in [0.05, 0.1) is 17.8 Å². The van der Waals surface area contributed by atoms with Crippen LogP contribution in [0.1, 0.15) is 10.4 Å². The second-order valence-electron chi connectivity index (χ2n) is 6.46. The molecule has 132 valence electrons. The number of carbonyl (C=O) groups excluding carboxylic acids is 1. The number of carbonyl (C=O) groups is 1. The van der Waals surface area contributed by atoms with Crippen molar-refractivity contribution in [1.29, 1.82) is 0 Å². The Hall–Kier alpha value is -2.79. The Bertz CT molecular complexity index is 924. The molecule has 1 N–H and O–H groups in total. The third kappa shape index (κ3) is 3.06. The van der Waals surface area contributed by atoms with Crippen molar-refractivity contribution in [1.82, 2.24) is 0 Å². The lowest BCUT2D eigenvalue weighted by atomic mass is 9.99. The van der Waals surface area contributed by atoms with Gasteiger partial charge in [-0.1, -0.05) is 30.4 Å². The molecule has 0 radical (unpaired) electrons. The van der Waals surface area contributed by atoms with Gasteiger partial charge in [0.2, 0.25) is 5.91 Å². The van der Waals surface area contributed by atoms with E-state index in [0.29, 0.717) is 6.42 Å². The molecule has 1 aliphatic carbocycles. The normalized spacial score (nSPS) is 17.0. The summed E-state index contributed by atoms with van der Waals surface area (Å²) in [5, 5.41) is 5.13. The van der Waals surface area contributed by atoms with Gasteiger partial charge in [0.1, 0.15) is 11.9 Å². The third-order valence-electron chi connectivity index (χ3n) is 4.44. The summed E-state index contributed by atoms with van der Waals surface area (Å²) in [7, 11) is 3.95. The number of hydrogen-bond donors (Lipinski definition) is 1. The van der Waals surface area contributed by atoms with E-state index in [1.54, 1.807) is 11.3 Å². The number of rotatable bonds is 4. The fourth-order valence-electron chi connectivity index (χ4n) is 3.26. The van der Waals surface area contributed by atoms with Crippen LogP contribution in [-0.4, -0.2) is 26.1 Å². The molecule has 0 fully saturated rings. The van der Waals surface area contributed by atoms with Gasteiger partial charge in [0.25, 0.3) is 0 Å². The minimum absolute atomic E-state index is 0.0206. The predicted octanol–water partition coefficient (Wildman–Crippen LogP) is 4.27. The van der Waals surface area contributed by atoms with Crippen molar-refractivity contribution >= 4 is 34.2 Å². The molecule has 1 aromatic heterocycles. The van der Waals surface area contributed by atoms with E-state index in [9.17, 15) is 4.79 Å². The first-order valence-corrected chi connectivity index (χ1v) is 9.40. The molecule has 1 amide bonds. The van der Waals surface area contributed by atoms with Gasteiger partial charge in [-0.2, -0.15) is 0 Å². The van der Waals surface area contributed by atoms with E-state index < -0.39 is 0 Å². The highest BCUT2D eigenvalue weighted by atomic mass is 32.1. The van der Waals surface area contributed by atoms with Crippen molar-refractivity contribution < 1.29 is 9.53 Å². The van der Waals surface area contributed by atoms with Gasteiger partial charge in [-0.15, -0.1) is 11.3 Å². The fourth-order valence-corrected chi connectivity index (χ4v) is 3.97. The molecule has 2 aromatic rings. The van der Waals surface area contributed by atoms with E-state index in [2.05, 4.69) is 11.4 Å². The number of ether oxygens (including phenoxy) is 1. The van der Waals surface area contributed by atoms with E-state index in [-0.39, 0.29) is 12.0 Å². The molecule has 0 saturated carbocycles. The smallest absolute Gasteiger partial charge is 0.229 e. The summed E-state index contributed by atoms with van der Waals surface area (Å²) in [6.07, 6.45) is 10.3. The van der Waals surface area contributed by atoms with Crippen LogP contribution in [0.15, 0.2) is 60.0 Å². The number of allylic oxidation sites excluding steroid dienone is 4. The number of nitrogens with one attached hydrogen (secondary N) is 1. The van der Waals surface area contributed by atoms with E-state index in [0.717, 1.165) is 33.1 Å². The maximum atomic E-state index is 12.7. The SMILES string of the molecule is CN(C)c1ccc2c(c1NC(=O)Cc1cccs1)C1=CC=CC=CC1O2. The molecule has 1 atom stereocenters. The quantitative estimate of drug-likeness (QED) is 0.881. The lowest BCUT2D eigenvalue weighted by molar-refractivity contribution is -0.115. The maximum Gasteiger partial charge on any atom is 0.229 e. The minimum atomic E-state index is -0.120. The molecule has 4 nitrogen and oxygen atoms in total. The summed E-state index contributed by atoms with van der Waals surface area (Å²) < 4.78 is 6.09. The first-order chi connectivity index (χ1) is 12.6. The average Bonchev–Trinajstić information content (AvgIpc) is 3.17. The highest BCUT2D eigenvalue weighted by Crippen LogP contribution is 2.47. The number of anilines is 2. The monoisotopic (exact) mass is 364 g/mol. The van der Waals surface area contributed by atoms with E-state index in [1.165, 1.54) is 0 Å².